The first-order valence-electron chi connectivity index (χ1n) is 10.4. The molecule has 0 fully saturated rings. The molecule has 1 heterocycles. The number of hydrogen-bond acceptors (Lipinski definition) is 3. The van der Waals surface area contributed by atoms with E-state index in [0.29, 0.717) is 22.3 Å². The normalized spacial score (nSPS) is 11.1. The van der Waals surface area contributed by atoms with Crippen molar-refractivity contribution in [3.8, 4) is 11.4 Å². The Labute approximate surface area is 188 Å². The molecule has 4 nitrogen and oxygen atoms in total. The van der Waals surface area contributed by atoms with Crippen molar-refractivity contribution in [1.29, 1.82) is 0 Å². The second kappa shape index (κ2) is 9.43. The summed E-state index contributed by atoms with van der Waals surface area (Å²) in [6.07, 6.45) is 3.30. The van der Waals surface area contributed by atoms with Crippen LogP contribution < -0.4 is 11.0 Å². The van der Waals surface area contributed by atoms with Gasteiger partial charge in [0.1, 0.15) is 5.82 Å². The molecule has 31 heavy (non-hydrogen) atoms. The van der Waals surface area contributed by atoms with Crippen LogP contribution in [0.25, 0.3) is 22.3 Å². The molecule has 0 unspecified atom stereocenters. The number of aromatic nitrogens is 2. The molecule has 0 saturated carbocycles. The molecule has 1 N–H and O–H groups in total. The fourth-order valence-electron chi connectivity index (χ4n) is 3.52. The van der Waals surface area contributed by atoms with Gasteiger partial charge in [0.2, 0.25) is 0 Å². The molecule has 4 aromatic rings. The molecule has 0 radical (unpaired) electrons. The number of halogens is 2. The average Bonchev–Trinajstić information content (AvgIpc) is 2.79. The minimum atomic E-state index is -0.334. The molecule has 0 aliphatic rings. The van der Waals surface area contributed by atoms with Crippen LogP contribution in [0.2, 0.25) is 0 Å². The molecule has 0 spiro atoms. The summed E-state index contributed by atoms with van der Waals surface area (Å²) in [5.74, 6) is 0.167. The number of benzene rings is 3. The summed E-state index contributed by atoms with van der Waals surface area (Å²) >= 11 is 3.37. The first-order chi connectivity index (χ1) is 15.1. The number of rotatable bonds is 7. The Bertz CT molecular complexity index is 1270. The Morgan fingerprint density at radius 1 is 1.06 bits per heavy atom. The number of para-hydroxylation sites is 1. The second-order valence-electron chi connectivity index (χ2n) is 7.46. The van der Waals surface area contributed by atoms with E-state index in [2.05, 4.69) is 40.4 Å². The Morgan fingerprint density at radius 2 is 1.84 bits per heavy atom. The van der Waals surface area contributed by atoms with Crippen LogP contribution in [0.3, 0.4) is 0 Å². The van der Waals surface area contributed by atoms with Crippen LogP contribution in [-0.4, -0.2) is 9.66 Å². The fraction of sp³-hybridized carbons (Fsp3) is 0.200. The van der Waals surface area contributed by atoms with E-state index in [1.807, 2.05) is 30.3 Å². The lowest BCUT2D eigenvalue weighted by Crippen LogP contribution is -2.31. The van der Waals surface area contributed by atoms with Crippen molar-refractivity contribution in [1.82, 2.24) is 9.66 Å². The van der Waals surface area contributed by atoms with E-state index in [1.54, 1.807) is 18.2 Å². The highest BCUT2D eigenvalue weighted by Crippen LogP contribution is 2.21. The standard InChI is InChI=1S/C25H23BrFN3O/c1-2-3-6-17-9-11-18(12-10-17)24-29-23-8-5-4-7-21(23)25(31)30(24)28-16-19-15-20(26)13-14-22(19)27/h4-5,7-15,28H,2-3,6,16H2,1H3. The summed E-state index contributed by atoms with van der Waals surface area (Å²) in [5.41, 5.74) is 6.03. The third-order valence-corrected chi connectivity index (χ3v) is 5.74. The summed E-state index contributed by atoms with van der Waals surface area (Å²) in [4.78, 5) is 18.0. The van der Waals surface area contributed by atoms with Crippen molar-refractivity contribution in [3.63, 3.8) is 0 Å². The van der Waals surface area contributed by atoms with Gasteiger partial charge in [0.25, 0.3) is 5.56 Å². The number of hydrogen-bond donors (Lipinski definition) is 1. The van der Waals surface area contributed by atoms with Gasteiger partial charge in [-0.05, 0) is 48.7 Å². The predicted octanol–water partition coefficient (Wildman–Crippen LogP) is 6.05. The molecule has 1 aromatic heterocycles. The number of nitrogens with one attached hydrogen (secondary N) is 1. The van der Waals surface area contributed by atoms with E-state index in [1.165, 1.54) is 16.3 Å². The molecule has 0 aliphatic carbocycles. The molecule has 158 valence electrons. The van der Waals surface area contributed by atoms with E-state index in [0.717, 1.165) is 29.3 Å². The monoisotopic (exact) mass is 479 g/mol. The van der Waals surface area contributed by atoms with Crippen LogP contribution in [0.1, 0.15) is 30.9 Å². The highest BCUT2D eigenvalue weighted by molar-refractivity contribution is 9.10. The van der Waals surface area contributed by atoms with Gasteiger partial charge in [0.05, 0.1) is 17.4 Å². The zero-order valence-electron chi connectivity index (χ0n) is 17.2. The van der Waals surface area contributed by atoms with Gasteiger partial charge in [-0.25, -0.2) is 14.1 Å². The van der Waals surface area contributed by atoms with Gasteiger partial charge >= 0.3 is 0 Å². The maximum Gasteiger partial charge on any atom is 0.280 e. The molecule has 0 aliphatic heterocycles. The first kappa shape index (κ1) is 21.2. The largest absolute Gasteiger partial charge is 0.317 e. The second-order valence-corrected chi connectivity index (χ2v) is 8.38. The lowest BCUT2D eigenvalue weighted by atomic mass is 10.1. The van der Waals surface area contributed by atoms with Gasteiger partial charge in [-0.15, -0.1) is 0 Å². The lowest BCUT2D eigenvalue weighted by molar-refractivity contribution is 0.607. The molecule has 0 bridgehead atoms. The molecular formula is C25H23BrFN3O. The number of aryl methyl sites for hydroxylation is 1. The Morgan fingerprint density at radius 3 is 2.61 bits per heavy atom. The number of unbranched alkanes of at least 4 members (excludes halogenated alkanes) is 1. The minimum Gasteiger partial charge on any atom is -0.317 e. The zero-order valence-corrected chi connectivity index (χ0v) is 18.8. The van der Waals surface area contributed by atoms with Crippen molar-refractivity contribution < 1.29 is 4.39 Å². The Hall–Kier alpha value is -2.99. The topological polar surface area (TPSA) is 46.9 Å². The van der Waals surface area contributed by atoms with E-state index in [4.69, 9.17) is 4.98 Å². The van der Waals surface area contributed by atoms with Gasteiger partial charge in [-0.2, -0.15) is 0 Å². The maximum atomic E-state index is 14.2. The smallest absolute Gasteiger partial charge is 0.280 e. The molecule has 4 rings (SSSR count). The van der Waals surface area contributed by atoms with Crippen molar-refractivity contribution in [2.45, 2.75) is 32.7 Å². The fourth-order valence-corrected chi connectivity index (χ4v) is 3.93. The van der Waals surface area contributed by atoms with E-state index >= 15 is 0 Å². The van der Waals surface area contributed by atoms with Crippen LogP contribution in [0.5, 0.6) is 0 Å². The van der Waals surface area contributed by atoms with Crippen molar-refractivity contribution in [2.24, 2.45) is 0 Å². The summed E-state index contributed by atoms with van der Waals surface area (Å²) in [7, 11) is 0. The highest BCUT2D eigenvalue weighted by atomic mass is 79.9. The first-order valence-corrected chi connectivity index (χ1v) is 11.1. The zero-order chi connectivity index (χ0) is 21.8. The van der Waals surface area contributed by atoms with Crippen LogP contribution in [0, 0.1) is 5.82 Å². The van der Waals surface area contributed by atoms with Crippen molar-refractivity contribution >= 4 is 26.8 Å². The summed E-state index contributed by atoms with van der Waals surface area (Å²) in [6, 6.07) is 20.1. The van der Waals surface area contributed by atoms with Crippen molar-refractivity contribution in [3.05, 3.63) is 98.5 Å². The Kier molecular flexibility index (Phi) is 6.47. The molecule has 0 amide bonds. The van der Waals surface area contributed by atoms with Crippen LogP contribution in [0.4, 0.5) is 4.39 Å². The van der Waals surface area contributed by atoms with E-state index in [9.17, 15) is 9.18 Å². The van der Waals surface area contributed by atoms with Crippen molar-refractivity contribution in [2.75, 3.05) is 5.43 Å². The lowest BCUT2D eigenvalue weighted by Gasteiger charge is -2.16. The van der Waals surface area contributed by atoms with Gasteiger partial charge in [-0.1, -0.05) is 65.7 Å². The van der Waals surface area contributed by atoms with E-state index in [-0.39, 0.29) is 17.9 Å². The summed E-state index contributed by atoms with van der Waals surface area (Å²) in [5, 5.41) is 0.507. The van der Waals surface area contributed by atoms with Gasteiger partial charge in [0, 0.05) is 15.6 Å². The maximum absolute atomic E-state index is 14.2. The molecule has 0 atom stereocenters. The number of fused-ring (bicyclic) bond motifs is 1. The Balaban J connectivity index is 1.76. The predicted molar refractivity (Wildman–Crippen MR) is 127 cm³/mol. The third-order valence-electron chi connectivity index (χ3n) is 5.24. The molecule has 3 aromatic carbocycles. The highest BCUT2D eigenvalue weighted by Gasteiger charge is 2.14. The van der Waals surface area contributed by atoms with E-state index < -0.39 is 0 Å². The van der Waals surface area contributed by atoms with Gasteiger partial charge < -0.3 is 5.43 Å². The summed E-state index contributed by atoms with van der Waals surface area (Å²) < 4.78 is 16.4. The average molecular weight is 480 g/mol. The van der Waals surface area contributed by atoms with Crippen LogP contribution >= 0.6 is 15.9 Å². The SMILES string of the molecule is CCCCc1ccc(-c2nc3ccccc3c(=O)n2NCc2cc(Br)ccc2F)cc1. The summed E-state index contributed by atoms with van der Waals surface area (Å²) in [6.45, 7) is 2.32. The molecular weight excluding hydrogens is 457 g/mol. The van der Waals surface area contributed by atoms with Gasteiger partial charge in [0.15, 0.2) is 5.82 Å². The van der Waals surface area contributed by atoms with Crippen LogP contribution in [-0.2, 0) is 13.0 Å². The molecule has 6 heteroatoms. The molecule has 0 saturated heterocycles. The quantitative estimate of drug-likeness (QED) is 0.350. The van der Waals surface area contributed by atoms with Gasteiger partial charge in [-0.3, -0.25) is 4.79 Å². The van der Waals surface area contributed by atoms with Crippen LogP contribution in [0.15, 0.2) is 76.0 Å². The third kappa shape index (κ3) is 4.69. The number of nitrogens with zero attached hydrogens (tertiary/aromatic N) is 2. The minimum absolute atomic E-state index is 0.146.